The first-order valence-electron chi connectivity index (χ1n) is 6.95. The number of aryl methyl sites for hydroxylation is 1. The number of nitrogens with one attached hydrogen (secondary N) is 1. The molecule has 2 rings (SSSR count). The number of hydrogen-bond donors (Lipinski definition) is 1. The maximum atomic E-state index is 13.1. The number of nitrogens with zero attached hydrogens (tertiary/aromatic N) is 1. The van der Waals surface area contributed by atoms with Crippen LogP contribution in [0.15, 0.2) is 64.6 Å². The van der Waals surface area contributed by atoms with Crippen LogP contribution in [0.1, 0.15) is 11.1 Å². The number of benzene rings is 2. The summed E-state index contributed by atoms with van der Waals surface area (Å²) in [6.07, 6.45) is -5.27. The first kappa shape index (κ1) is 18.0. The van der Waals surface area contributed by atoms with Crippen LogP contribution in [-0.4, -0.2) is 20.3 Å². The van der Waals surface area contributed by atoms with Gasteiger partial charge in [-0.3, -0.25) is 0 Å². The topological polar surface area (TPSA) is 58.5 Å². The minimum atomic E-state index is -4.75. The first-order valence-corrected chi connectivity index (χ1v) is 8.43. The fourth-order valence-electron chi connectivity index (χ4n) is 2.01. The molecule has 0 aliphatic rings. The molecule has 4 nitrogen and oxygen atoms in total. The summed E-state index contributed by atoms with van der Waals surface area (Å²) < 4.78 is 63.6. The van der Waals surface area contributed by atoms with Crippen molar-refractivity contribution in [2.75, 3.05) is 0 Å². The maximum Gasteiger partial charge on any atom is 0.431 e. The average Bonchev–Trinajstić information content (AvgIpc) is 2.51. The van der Waals surface area contributed by atoms with E-state index in [2.05, 4.69) is 5.10 Å². The largest absolute Gasteiger partial charge is 0.431 e. The molecule has 0 amide bonds. The molecular weight excluding hydrogens is 341 g/mol. The third kappa shape index (κ3) is 4.58. The summed E-state index contributed by atoms with van der Waals surface area (Å²) in [6.45, 7) is 1.55. The van der Waals surface area contributed by atoms with Crippen LogP contribution in [0.4, 0.5) is 13.2 Å². The van der Waals surface area contributed by atoms with Gasteiger partial charge in [0.25, 0.3) is 10.0 Å². The molecule has 1 N–H and O–H groups in total. The van der Waals surface area contributed by atoms with Gasteiger partial charge in [-0.25, -0.2) is 0 Å². The minimum absolute atomic E-state index is 0.116. The standard InChI is InChI=1S/C16H15F3N2O2S/c1-12-7-5-6-10-14(12)24(22,23)21-20-15(16(17,18)19)11-13-8-3-2-4-9-13/h2-10,21H,11H2,1H3. The molecule has 0 spiro atoms. The van der Waals surface area contributed by atoms with Crippen molar-refractivity contribution in [3.05, 3.63) is 65.7 Å². The highest BCUT2D eigenvalue weighted by molar-refractivity contribution is 7.89. The second kappa shape index (κ2) is 7.04. The van der Waals surface area contributed by atoms with E-state index in [9.17, 15) is 21.6 Å². The van der Waals surface area contributed by atoms with Crippen molar-refractivity contribution in [3.63, 3.8) is 0 Å². The molecule has 0 radical (unpaired) electrons. The number of hydrazone groups is 1. The number of alkyl halides is 3. The van der Waals surface area contributed by atoms with Crippen LogP contribution in [0.2, 0.25) is 0 Å². The lowest BCUT2D eigenvalue weighted by Gasteiger charge is -2.12. The Morgan fingerprint density at radius 2 is 1.62 bits per heavy atom. The fourth-order valence-corrected chi connectivity index (χ4v) is 3.09. The van der Waals surface area contributed by atoms with Gasteiger partial charge in [-0.2, -0.15) is 31.5 Å². The quantitative estimate of drug-likeness (QED) is 0.659. The van der Waals surface area contributed by atoms with Gasteiger partial charge in [-0.15, -0.1) is 0 Å². The third-order valence-corrected chi connectivity index (χ3v) is 4.59. The van der Waals surface area contributed by atoms with E-state index < -0.39 is 28.3 Å². The van der Waals surface area contributed by atoms with Crippen molar-refractivity contribution in [3.8, 4) is 0 Å². The fraction of sp³-hybridized carbons (Fsp3) is 0.188. The van der Waals surface area contributed by atoms with E-state index in [0.717, 1.165) is 0 Å². The maximum absolute atomic E-state index is 13.1. The van der Waals surface area contributed by atoms with Crippen LogP contribution in [0.5, 0.6) is 0 Å². The highest BCUT2D eigenvalue weighted by Gasteiger charge is 2.36. The SMILES string of the molecule is Cc1ccccc1S(=O)(=O)NN=C(Cc1ccccc1)C(F)(F)F. The average molecular weight is 356 g/mol. The molecule has 0 unspecified atom stereocenters. The van der Waals surface area contributed by atoms with Crippen molar-refractivity contribution < 1.29 is 21.6 Å². The van der Waals surface area contributed by atoms with Gasteiger partial charge in [-0.05, 0) is 24.1 Å². The first-order chi connectivity index (χ1) is 11.2. The Balaban J connectivity index is 2.29. The molecule has 0 saturated heterocycles. The molecule has 24 heavy (non-hydrogen) atoms. The van der Waals surface area contributed by atoms with Gasteiger partial charge in [0.1, 0.15) is 5.71 Å². The van der Waals surface area contributed by atoms with E-state index in [4.69, 9.17) is 0 Å². The van der Waals surface area contributed by atoms with E-state index in [1.807, 2.05) is 0 Å². The zero-order valence-corrected chi connectivity index (χ0v) is 13.5. The molecule has 2 aromatic rings. The molecule has 0 fully saturated rings. The van der Waals surface area contributed by atoms with Gasteiger partial charge in [0.05, 0.1) is 4.90 Å². The Morgan fingerprint density at radius 1 is 1.04 bits per heavy atom. The molecule has 0 aliphatic carbocycles. The van der Waals surface area contributed by atoms with Crippen LogP contribution in [0.3, 0.4) is 0 Å². The zero-order chi connectivity index (χ0) is 17.8. The summed E-state index contributed by atoms with van der Waals surface area (Å²) in [6, 6.07) is 13.9. The lowest BCUT2D eigenvalue weighted by atomic mass is 10.1. The molecule has 8 heteroatoms. The van der Waals surface area contributed by atoms with E-state index in [-0.39, 0.29) is 4.90 Å². The van der Waals surface area contributed by atoms with Crippen molar-refractivity contribution in [2.24, 2.45) is 5.10 Å². The van der Waals surface area contributed by atoms with Gasteiger partial charge in [0.15, 0.2) is 0 Å². The molecule has 0 atom stereocenters. The predicted molar refractivity (Wildman–Crippen MR) is 85.1 cm³/mol. The Hall–Kier alpha value is -2.35. The molecule has 0 bridgehead atoms. The summed E-state index contributed by atoms with van der Waals surface area (Å²) in [4.78, 5) is 1.57. The Bertz CT molecular complexity index is 832. The van der Waals surface area contributed by atoms with Crippen molar-refractivity contribution >= 4 is 15.7 Å². The summed E-state index contributed by atoms with van der Waals surface area (Å²) in [5.74, 6) is 0. The van der Waals surface area contributed by atoms with E-state index in [1.54, 1.807) is 42.1 Å². The van der Waals surface area contributed by atoms with Crippen molar-refractivity contribution in [2.45, 2.75) is 24.4 Å². The van der Waals surface area contributed by atoms with Gasteiger partial charge < -0.3 is 0 Å². The molecule has 2 aromatic carbocycles. The second-order valence-electron chi connectivity index (χ2n) is 5.08. The van der Waals surface area contributed by atoms with Gasteiger partial charge in [-0.1, -0.05) is 48.5 Å². The van der Waals surface area contributed by atoms with Crippen molar-refractivity contribution in [1.82, 2.24) is 4.83 Å². The smallest absolute Gasteiger partial charge is 0.200 e. The second-order valence-corrected chi connectivity index (χ2v) is 6.71. The molecule has 0 saturated carbocycles. The van der Waals surface area contributed by atoms with Gasteiger partial charge >= 0.3 is 6.18 Å². The third-order valence-electron chi connectivity index (χ3n) is 3.23. The summed E-state index contributed by atoms with van der Waals surface area (Å²) in [5.41, 5.74) is -0.425. The van der Waals surface area contributed by atoms with Crippen molar-refractivity contribution in [1.29, 1.82) is 0 Å². The molecule has 128 valence electrons. The Kier molecular flexibility index (Phi) is 5.28. The predicted octanol–water partition coefficient (Wildman–Crippen LogP) is 3.43. The van der Waals surface area contributed by atoms with E-state index >= 15 is 0 Å². The Labute approximate surface area is 138 Å². The zero-order valence-electron chi connectivity index (χ0n) is 12.7. The highest BCUT2D eigenvalue weighted by atomic mass is 32.2. The van der Waals surface area contributed by atoms with E-state index in [0.29, 0.717) is 11.1 Å². The molecular formula is C16H15F3N2O2S. The lowest BCUT2D eigenvalue weighted by molar-refractivity contribution is -0.0604. The van der Waals surface area contributed by atoms with Gasteiger partial charge in [0.2, 0.25) is 0 Å². The molecule has 0 aromatic heterocycles. The van der Waals surface area contributed by atoms with Crippen LogP contribution < -0.4 is 4.83 Å². The highest BCUT2D eigenvalue weighted by Crippen LogP contribution is 2.21. The molecule has 0 heterocycles. The Morgan fingerprint density at radius 3 is 2.21 bits per heavy atom. The number of rotatable bonds is 5. The normalized spacial score (nSPS) is 12.9. The number of sulfonamides is 1. The van der Waals surface area contributed by atoms with Crippen LogP contribution in [0, 0.1) is 6.92 Å². The van der Waals surface area contributed by atoms with Gasteiger partial charge in [0, 0.05) is 6.42 Å². The summed E-state index contributed by atoms with van der Waals surface area (Å²) in [7, 11) is -4.18. The number of hydrogen-bond acceptors (Lipinski definition) is 3. The molecule has 0 aliphatic heterocycles. The van der Waals surface area contributed by atoms with Crippen LogP contribution in [0.25, 0.3) is 0 Å². The minimum Gasteiger partial charge on any atom is -0.200 e. The van der Waals surface area contributed by atoms with E-state index in [1.165, 1.54) is 24.3 Å². The number of halogens is 3. The lowest BCUT2D eigenvalue weighted by Crippen LogP contribution is -2.30. The monoisotopic (exact) mass is 356 g/mol. The summed E-state index contributed by atoms with van der Waals surface area (Å²) in [5, 5.41) is 3.13. The van der Waals surface area contributed by atoms with Crippen LogP contribution >= 0.6 is 0 Å². The van der Waals surface area contributed by atoms with Crippen LogP contribution in [-0.2, 0) is 16.4 Å². The summed E-state index contributed by atoms with van der Waals surface area (Å²) >= 11 is 0.